The van der Waals surface area contributed by atoms with E-state index in [0.717, 1.165) is 19.4 Å². The lowest BCUT2D eigenvalue weighted by atomic mass is 10.2. The highest BCUT2D eigenvalue weighted by atomic mass is 79.9. The van der Waals surface area contributed by atoms with Crippen molar-refractivity contribution in [1.29, 1.82) is 0 Å². The molecule has 4 heteroatoms. The first-order valence-corrected chi connectivity index (χ1v) is 5.30. The summed E-state index contributed by atoms with van der Waals surface area (Å²) in [6.07, 6.45) is 0. The number of benzene rings is 1. The number of hydrogen-bond acceptors (Lipinski definition) is 2. The summed E-state index contributed by atoms with van der Waals surface area (Å²) in [7, 11) is 0. The van der Waals surface area contributed by atoms with Crippen LogP contribution in [0, 0.1) is 5.82 Å². The van der Waals surface area contributed by atoms with Crippen molar-refractivity contribution in [1.82, 2.24) is 0 Å². The molecule has 1 heterocycles. The Morgan fingerprint density at radius 1 is 1.46 bits per heavy atom. The van der Waals surface area contributed by atoms with Gasteiger partial charge < -0.3 is 5.11 Å². The van der Waals surface area contributed by atoms with E-state index in [1.54, 1.807) is 6.07 Å². The van der Waals surface area contributed by atoms with Crippen LogP contribution in [-0.2, 0) is 6.61 Å². The fraction of sp³-hybridized carbons (Fsp3) is 0.111. The lowest BCUT2D eigenvalue weighted by Gasteiger charge is -1.94. The van der Waals surface area contributed by atoms with Gasteiger partial charge in [-0.2, -0.15) is 0 Å². The van der Waals surface area contributed by atoms with Crippen molar-refractivity contribution in [2.75, 3.05) is 0 Å². The standard InChI is InChI=1S/C9H6BrFOS/c10-9-7(4-12)6-3-5(11)1-2-8(6)13-9/h1-3,12H,4H2. The first kappa shape index (κ1) is 9.12. The van der Waals surface area contributed by atoms with Gasteiger partial charge in [-0.25, -0.2) is 4.39 Å². The molecule has 68 valence electrons. The fourth-order valence-corrected chi connectivity index (χ4v) is 3.02. The SMILES string of the molecule is OCc1c(Br)sc2ccc(F)cc12. The molecule has 0 saturated carbocycles. The molecule has 1 nitrogen and oxygen atoms in total. The zero-order valence-electron chi connectivity index (χ0n) is 6.55. The molecule has 0 bridgehead atoms. The third kappa shape index (κ3) is 1.49. The average molecular weight is 261 g/mol. The number of rotatable bonds is 1. The highest BCUT2D eigenvalue weighted by Crippen LogP contribution is 2.35. The molecule has 2 aromatic rings. The molecule has 2 rings (SSSR count). The summed E-state index contributed by atoms with van der Waals surface area (Å²) in [5.74, 6) is -0.271. The minimum absolute atomic E-state index is 0.0654. The van der Waals surface area contributed by atoms with Gasteiger partial charge in [0.25, 0.3) is 0 Å². The van der Waals surface area contributed by atoms with Crippen LogP contribution in [0.25, 0.3) is 10.1 Å². The molecule has 0 saturated heterocycles. The third-order valence-corrected chi connectivity index (χ3v) is 3.83. The summed E-state index contributed by atoms with van der Waals surface area (Å²) in [4.78, 5) is 0. The van der Waals surface area contributed by atoms with Crippen LogP contribution >= 0.6 is 27.3 Å². The van der Waals surface area contributed by atoms with Gasteiger partial charge in [-0.1, -0.05) is 0 Å². The average Bonchev–Trinajstić information content (AvgIpc) is 2.40. The minimum Gasteiger partial charge on any atom is -0.392 e. The van der Waals surface area contributed by atoms with Crippen molar-refractivity contribution in [2.24, 2.45) is 0 Å². The van der Waals surface area contributed by atoms with Crippen LogP contribution in [0.3, 0.4) is 0 Å². The Morgan fingerprint density at radius 3 is 2.92 bits per heavy atom. The van der Waals surface area contributed by atoms with Crippen LogP contribution in [0.2, 0.25) is 0 Å². The first-order chi connectivity index (χ1) is 6.22. The largest absolute Gasteiger partial charge is 0.392 e. The van der Waals surface area contributed by atoms with Gasteiger partial charge in [0.2, 0.25) is 0 Å². The summed E-state index contributed by atoms with van der Waals surface area (Å²) >= 11 is 4.83. The summed E-state index contributed by atoms with van der Waals surface area (Å²) in [5, 5.41) is 9.84. The van der Waals surface area contributed by atoms with E-state index >= 15 is 0 Å². The zero-order chi connectivity index (χ0) is 9.42. The Balaban J connectivity index is 2.80. The van der Waals surface area contributed by atoms with E-state index in [1.807, 2.05) is 0 Å². The Morgan fingerprint density at radius 2 is 2.23 bits per heavy atom. The summed E-state index contributed by atoms with van der Waals surface area (Å²) in [6, 6.07) is 4.59. The van der Waals surface area contributed by atoms with Crippen molar-refractivity contribution in [3.63, 3.8) is 0 Å². The lowest BCUT2D eigenvalue weighted by Crippen LogP contribution is -1.81. The quantitative estimate of drug-likeness (QED) is 0.835. The van der Waals surface area contributed by atoms with E-state index in [2.05, 4.69) is 15.9 Å². The first-order valence-electron chi connectivity index (χ1n) is 3.69. The van der Waals surface area contributed by atoms with Crippen LogP contribution in [0.15, 0.2) is 22.0 Å². The molecule has 1 N–H and O–H groups in total. The van der Waals surface area contributed by atoms with Crippen molar-refractivity contribution in [2.45, 2.75) is 6.61 Å². The molecule has 0 aliphatic rings. The predicted molar refractivity (Wildman–Crippen MR) is 55.4 cm³/mol. The van der Waals surface area contributed by atoms with Crippen molar-refractivity contribution >= 4 is 37.4 Å². The highest BCUT2D eigenvalue weighted by molar-refractivity contribution is 9.11. The Bertz CT molecular complexity index is 452. The molecule has 1 aromatic heterocycles. The van der Waals surface area contributed by atoms with Gasteiger partial charge in [0.05, 0.1) is 10.4 Å². The van der Waals surface area contributed by atoms with Crippen molar-refractivity contribution in [3.05, 3.63) is 33.4 Å². The number of halogens is 2. The molecule has 0 unspecified atom stereocenters. The van der Waals surface area contributed by atoms with Crippen LogP contribution < -0.4 is 0 Å². The maximum Gasteiger partial charge on any atom is 0.123 e. The van der Waals surface area contributed by atoms with Gasteiger partial charge in [-0.15, -0.1) is 11.3 Å². The molecule has 0 aliphatic heterocycles. The van der Waals surface area contributed by atoms with Crippen LogP contribution in [0.4, 0.5) is 4.39 Å². The van der Waals surface area contributed by atoms with E-state index < -0.39 is 0 Å². The molecule has 0 amide bonds. The van der Waals surface area contributed by atoms with Gasteiger partial charge in [-0.05, 0) is 34.1 Å². The van der Waals surface area contributed by atoms with E-state index in [1.165, 1.54) is 23.5 Å². The molecule has 0 aliphatic carbocycles. The van der Waals surface area contributed by atoms with E-state index in [9.17, 15) is 4.39 Å². The summed E-state index contributed by atoms with van der Waals surface area (Å²) in [6.45, 7) is -0.0654. The number of aliphatic hydroxyl groups is 1. The smallest absolute Gasteiger partial charge is 0.123 e. The number of aliphatic hydroxyl groups excluding tert-OH is 1. The molecule has 0 radical (unpaired) electrons. The summed E-state index contributed by atoms with van der Waals surface area (Å²) < 4.78 is 14.7. The maximum absolute atomic E-state index is 12.9. The van der Waals surface area contributed by atoms with Gasteiger partial charge in [0.1, 0.15) is 5.82 Å². The van der Waals surface area contributed by atoms with E-state index in [4.69, 9.17) is 5.11 Å². The Labute approximate surface area is 86.9 Å². The minimum atomic E-state index is -0.271. The van der Waals surface area contributed by atoms with Gasteiger partial charge in [0.15, 0.2) is 0 Å². The molecular formula is C9H6BrFOS. The van der Waals surface area contributed by atoms with Crippen LogP contribution in [0.5, 0.6) is 0 Å². The van der Waals surface area contributed by atoms with Gasteiger partial charge in [-0.3, -0.25) is 0 Å². The van der Waals surface area contributed by atoms with Gasteiger partial charge >= 0.3 is 0 Å². The molecule has 0 atom stereocenters. The topological polar surface area (TPSA) is 20.2 Å². The predicted octanol–water partition coefficient (Wildman–Crippen LogP) is 3.30. The number of hydrogen-bond donors (Lipinski definition) is 1. The second-order valence-corrected chi connectivity index (χ2v) is 5.02. The molecule has 1 aromatic carbocycles. The third-order valence-electron chi connectivity index (χ3n) is 1.86. The van der Waals surface area contributed by atoms with Gasteiger partial charge in [0, 0.05) is 15.6 Å². The molecule has 0 fully saturated rings. The maximum atomic E-state index is 12.9. The molecule has 0 spiro atoms. The van der Waals surface area contributed by atoms with Crippen LogP contribution in [-0.4, -0.2) is 5.11 Å². The monoisotopic (exact) mass is 260 g/mol. The normalized spacial score (nSPS) is 11.0. The Kier molecular flexibility index (Phi) is 2.36. The second-order valence-electron chi connectivity index (χ2n) is 2.65. The number of fused-ring (bicyclic) bond motifs is 1. The fourth-order valence-electron chi connectivity index (χ4n) is 1.24. The zero-order valence-corrected chi connectivity index (χ0v) is 8.95. The molecular weight excluding hydrogens is 255 g/mol. The Hall–Kier alpha value is -0.450. The summed E-state index contributed by atoms with van der Waals surface area (Å²) in [5.41, 5.74) is 0.763. The van der Waals surface area contributed by atoms with E-state index in [0.29, 0.717) is 0 Å². The second kappa shape index (κ2) is 3.36. The van der Waals surface area contributed by atoms with E-state index in [-0.39, 0.29) is 12.4 Å². The van der Waals surface area contributed by atoms with Crippen molar-refractivity contribution < 1.29 is 9.50 Å². The lowest BCUT2D eigenvalue weighted by molar-refractivity contribution is 0.283. The van der Waals surface area contributed by atoms with Crippen molar-refractivity contribution in [3.8, 4) is 0 Å². The number of thiophene rings is 1. The molecule has 13 heavy (non-hydrogen) atoms. The highest BCUT2D eigenvalue weighted by Gasteiger charge is 2.09. The van der Waals surface area contributed by atoms with Crippen LogP contribution in [0.1, 0.15) is 5.56 Å².